The Bertz CT molecular complexity index is 128. The zero-order valence-corrected chi connectivity index (χ0v) is 10.4. The quantitative estimate of drug-likeness (QED) is 0.695. The molecule has 0 saturated carbocycles. The summed E-state index contributed by atoms with van der Waals surface area (Å²) in [6.07, 6.45) is 6.56. The lowest BCUT2D eigenvalue weighted by atomic mass is 9.96. The van der Waals surface area contributed by atoms with Crippen molar-refractivity contribution in [3.63, 3.8) is 0 Å². The van der Waals surface area contributed by atoms with Crippen molar-refractivity contribution < 1.29 is 4.79 Å². The van der Waals surface area contributed by atoms with Crippen LogP contribution in [0.2, 0.25) is 0 Å². The van der Waals surface area contributed by atoms with Gasteiger partial charge in [0.15, 0.2) is 0 Å². The van der Waals surface area contributed by atoms with Crippen LogP contribution in [-0.4, -0.2) is 5.91 Å². The summed E-state index contributed by atoms with van der Waals surface area (Å²) in [5.41, 5.74) is 5.27. The number of hydrogen-bond acceptors (Lipinski definition) is 1. The fraction of sp³-hybridized carbons (Fsp3) is 0.900. The van der Waals surface area contributed by atoms with Crippen LogP contribution in [0.5, 0.6) is 0 Å². The lowest BCUT2D eigenvalue weighted by molar-refractivity contribution is -0.122. The summed E-state index contributed by atoms with van der Waals surface area (Å²) in [6, 6.07) is 0. The first-order valence-corrected chi connectivity index (χ1v) is 5.01. The molecule has 0 spiro atoms. The molecule has 1 unspecified atom stereocenters. The third-order valence-electron chi connectivity index (χ3n) is 2.20. The van der Waals surface area contributed by atoms with Gasteiger partial charge in [-0.3, -0.25) is 4.79 Å². The normalized spacial score (nSPS) is 11.8. The number of rotatable bonds is 7. The maximum Gasteiger partial charge on any atom is 0.220 e. The van der Waals surface area contributed by atoms with E-state index in [1.165, 1.54) is 12.8 Å². The van der Waals surface area contributed by atoms with Gasteiger partial charge in [0.05, 0.1) is 0 Å². The standard InChI is InChI=1S/C10H21NO.BrH/c1-3-5-6-8-9(7-4-2)10(11)12;/h9H,3-8H2,1-2H3,(H2,11,12);1H. The van der Waals surface area contributed by atoms with E-state index in [2.05, 4.69) is 13.8 Å². The summed E-state index contributed by atoms with van der Waals surface area (Å²) in [5.74, 6) is 0.00880. The molecular weight excluding hydrogens is 230 g/mol. The van der Waals surface area contributed by atoms with Gasteiger partial charge in [0.1, 0.15) is 0 Å². The fourth-order valence-electron chi connectivity index (χ4n) is 1.42. The van der Waals surface area contributed by atoms with Crippen LogP contribution in [0.15, 0.2) is 0 Å². The Morgan fingerprint density at radius 3 is 2.15 bits per heavy atom. The first-order chi connectivity index (χ1) is 5.72. The molecule has 0 rings (SSSR count). The van der Waals surface area contributed by atoms with Crippen molar-refractivity contribution in [2.24, 2.45) is 11.7 Å². The molecule has 0 aliphatic carbocycles. The average Bonchev–Trinajstić information content (AvgIpc) is 2.03. The van der Waals surface area contributed by atoms with Gasteiger partial charge < -0.3 is 5.73 Å². The van der Waals surface area contributed by atoms with Crippen molar-refractivity contribution in [3.05, 3.63) is 0 Å². The number of halogens is 1. The number of carbonyl (C=O) groups is 1. The van der Waals surface area contributed by atoms with Crippen LogP contribution in [0.1, 0.15) is 52.4 Å². The smallest absolute Gasteiger partial charge is 0.220 e. The average molecular weight is 252 g/mol. The maximum atomic E-state index is 10.9. The third-order valence-corrected chi connectivity index (χ3v) is 2.20. The SMILES string of the molecule is Br.CCCCCC(CCC)C(N)=O. The van der Waals surface area contributed by atoms with E-state index in [4.69, 9.17) is 5.73 Å². The molecule has 0 aliphatic rings. The molecule has 0 aromatic carbocycles. The van der Waals surface area contributed by atoms with Gasteiger partial charge in [0, 0.05) is 5.92 Å². The van der Waals surface area contributed by atoms with Crippen molar-refractivity contribution in [2.75, 3.05) is 0 Å². The highest BCUT2D eigenvalue weighted by molar-refractivity contribution is 8.93. The van der Waals surface area contributed by atoms with Gasteiger partial charge >= 0.3 is 0 Å². The Hall–Kier alpha value is -0.0500. The summed E-state index contributed by atoms with van der Waals surface area (Å²) < 4.78 is 0. The van der Waals surface area contributed by atoms with Crippen molar-refractivity contribution in [2.45, 2.75) is 52.4 Å². The van der Waals surface area contributed by atoms with Crippen LogP contribution < -0.4 is 5.73 Å². The Morgan fingerprint density at radius 2 is 1.77 bits per heavy atom. The summed E-state index contributed by atoms with van der Waals surface area (Å²) in [4.78, 5) is 10.9. The molecule has 1 atom stereocenters. The lowest BCUT2D eigenvalue weighted by Crippen LogP contribution is -2.22. The number of primary amides is 1. The number of unbranched alkanes of at least 4 members (excludes halogenated alkanes) is 2. The predicted octanol–water partition coefficient (Wildman–Crippen LogP) is 3.05. The topological polar surface area (TPSA) is 43.1 Å². The maximum absolute atomic E-state index is 10.9. The molecule has 2 N–H and O–H groups in total. The Balaban J connectivity index is 0. The molecule has 13 heavy (non-hydrogen) atoms. The van der Waals surface area contributed by atoms with E-state index in [9.17, 15) is 4.79 Å². The summed E-state index contributed by atoms with van der Waals surface area (Å²) >= 11 is 0. The summed E-state index contributed by atoms with van der Waals surface area (Å²) in [6.45, 7) is 4.26. The van der Waals surface area contributed by atoms with Gasteiger partial charge in [-0.05, 0) is 12.8 Å². The van der Waals surface area contributed by atoms with Crippen LogP contribution in [0.3, 0.4) is 0 Å². The van der Waals surface area contributed by atoms with Crippen molar-refractivity contribution in [1.82, 2.24) is 0 Å². The molecule has 0 aromatic rings. The molecule has 2 nitrogen and oxygen atoms in total. The molecular formula is C10H22BrNO. The second kappa shape index (κ2) is 10.0. The lowest BCUT2D eigenvalue weighted by Gasteiger charge is -2.10. The monoisotopic (exact) mass is 251 g/mol. The van der Waals surface area contributed by atoms with Crippen molar-refractivity contribution >= 4 is 22.9 Å². The second-order valence-electron chi connectivity index (χ2n) is 3.38. The van der Waals surface area contributed by atoms with Gasteiger partial charge in [-0.15, -0.1) is 17.0 Å². The van der Waals surface area contributed by atoms with Crippen LogP contribution in [0.4, 0.5) is 0 Å². The zero-order valence-electron chi connectivity index (χ0n) is 8.71. The van der Waals surface area contributed by atoms with E-state index in [-0.39, 0.29) is 28.8 Å². The zero-order chi connectivity index (χ0) is 9.40. The molecule has 0 aromatic heterocycles. The molecule has 0 aliphatic heterocycles. The van der Waals surface area contributed by atoms with Crippen LogP contribution >= 0.6 is 17.0 Å². The minimum absolute atomic E-state index is 0. The van der Waals surface area contributed by atoms with Gasteiger partial charge in [-0.25, -0.2) is 0 Å². The molecule has 3 heteroatoms. The van der Waals surface area contributed by atoms with Crippen molar-refractivity contribution in [3.8, 4) is 0 Å². The molecule has 0 saturated heterocycles. The highest BCUT2D eigenvalue weighted by atomic mass is 79.9. The molecule has 1 amide bonds. The first kappa shape index (κ1) is 15.4. The van der Waals surface area contributed by atoms with Gasteiger partial charge in [-0.2, -0.15) is 0 Å². The number of nitrogens with two attached hydrogens (primary N) is 1. The Morgan fingerprint density at radius 1 is 1.15 bits per heavy atom. The van der Waals surface area contributed by atoms with Gasteiger partial charge in [0.25, 0.3) is 0 Å². The van der Waals surface area contributed by atoms with Crippen LogP contribution in [0.25, 0.3) is 0 Å². The molecule has 80 valence electrons. The largest absolute Gasteiger partial charge is 0.369 e. The summed E-state index contributed by atoms with van der Waals surface area (Å²) in [7, 11) is 0. The molecule has 0 heterocycles. The van der Waals surface area contributed by atoms with Crippen molar-refractivity contribution in [1.29, 1.82) is 0 Å². The van der Waals surface area contributed by atoms with E-state index in [1.807, 2.05) is 0 Å². The third kappa shape index (κ3) is 8.28. The van der Waals surface area contributed by atoms with E-state index in [1.54, 1.807) is 0 Å². The Labute approximate surface area is 92.0 Å². The Kier molecular flexibility index (Phi) is 11.9. The molecule has 0 fully saturated rings. The predicted molar refractivity (Wildman–Crippen MR) is 62.1 cm³/mol. The molecule has 0 radical (unpaired) electrons. The minimum Gasteiger partial charge on any atom is -0.369 e. The fourth-order valence-corrected chi connectivity index (χ4v) is 1.42. The van der Waals surface area contributed by atoms with E-state index >= 15 is 0 Å². The molecule has 0 bridgehead atoms. The van der Waals surface area contributed by atoms with Crippen LogP contribution in [-0.2, 0) is 4.79 Å². The number of carbonyl (C=O) groups excluding carboxylic acids is 1. The van der Waals surface area contributed by atoms with Gasteiger partial charge in [-0.1, -0.05) is 39.5 Å². The highest BCUT2D eigenvalue weighted by Gasteiger charge is 2.12. The first-order valence-electron chi connectivity index (χ1n) is 5.01. The van der Waals surface area contributed by atoms with Gasteiger partial charge in [0.2, 0.25) is 5.91 Å². The van der Waals surface area contributed by atoms with Crippen LogP contribution in [0, 0.1) is 5.92 Å². The van der Waals surface area contributed by atoms with E-state index in [0.717, 1.165) is 25.7 Å². The number of amides is 1. The second-order valence-corrected chi connectivity index (χ2v) is 3.38. The minimum atomic E-state index is -0.118. The van der Waals surface area contributed by atoms with E-state index < -0.39 is 0 Å². The summed E-state index contributed by atoms with van der Waals surface area (Å²) in [5, 5.41) is 0. The highest BCUT2D eigenvalue weighted by Crippen LogP contribution is 2.14. The van der Waals surface area contributed by atoms with E-state index in [0.29, 0.717) is 0 Å². The number of hydrogen-bond donors (Lipinski definition) is 1.